The van der Waals surface area contributed by atoms with Crippen molar-refractivity contribution in [1.29, 1.82) is 0 Å². The third-order valence-corrected chi connectivity index (χ3v) is 3.29. The van der Waals surface area contributed by atoms with Crippen LogP contribution in [0, 0.1) is 5.82 Å². The molecule has 0 fully saturated rings. The molecule has 88 valence electrons. The van der Waals surface area contributed by atoms with Gasteiger partial charge in [0.15, 0.2) is 0 Å². The number of carboxylic acids is 1. The summed E-state index contributed by atoms with van der Waals surface area (Å²) in [5, 5.41) is 8.66. The number of hydrogen-bond donors (Lipinski definition) is 1. The first-order valence-electron chi connectivity index (χ1n) is 5.24. The minimum absolute atomic E-state index is 0.262. The van der Waals surface area contributed by atoms with Crippen LogP contribution in [0.5, 0.6) is 0 Å². The molecule has 0 bridgehead atoms. The zero-order chi connectivity index (χ0) is 12.0. The van der Waals surface area contributed by atoms with Crippen LogP contribution in [0.15, 0.2) is 18.2 Å². The summed E-state index contributed by atoms with van der Waals surface area (Å²) in [5.41, 5.74) is 0.575. The van der Waals surface area contributed by atoms with Crippen LogP contribution in [0.3, 0.4) is 0 Å². The Balaban J connectivity index is 2.56. The maximum atomic E-state index is 13.3. The number of hydrogen-bond acceptors (Lipinski definition) is 2. The summed E-state index contributed by atoms with van der Waals surface area (Å²) in [4.78, 5) is 10.6. The normalized spacial score (nSPS) is 10.4. The van der Waals surface area contributed by atoms with Gasteiger partial charge in [-0.15, -0.1) is 0 Å². The molecule has 0 amide bonds. The lowest BCUT2D eigenvalue weighted by molar-refractivity contribution is 0.0692. The van der Waals surface area contributed by atoms with Gasteiger partial charge in [-0.05, 0) is 29.9 Å². The summed E-state index contributed by atoms with van der Waals surface area (Å²) in [5.74, 6) is -0.0842. The maximum Gasteiger partial charge on any atom is 0.338 e. The molecule has 0 aromatic heterocycles. The number of thioether (sulfide) groups is 1. The van der Waals surface area contributed by atoms with Crippen LogP contribution >= 0.6 is 11.8 Å². The highest BCUT2D eigenvalue weighted by Crippen LogP contribution is 2.17. The Hall–Kier alpha value is -1.03. The summed E-state index contributed by atoms with van der Waals surface area (Å²) in [6.07, 6.45) is 2.31. The lowest BCUT2D eigenvalue weighted by atomic mass is 10.1. The Morgan fingerprint density at radius 2 is 2.25 bits per heavy atom. The largest absolute Gasteiger partial charge is 0.478 e. The van der Waals surface area contributed by atoms with Gasteiger partial charge in [0.2, 0.25) is 0 Å². The van der Waals surface area contributed by atoms with Crippen molar-refractivity contribution in [3.8, 4) is 0 Å². The second-order valence-electron chi connectivity index (χ2n) is 3.53. The minimum Gasteiger partial charge on any atom is -0.478 e. The third kappa shape index (κ3) is 3.85. The molecule has 0 radical (unpaired) electrons. The predicted octanol–water partition coefficient (Wildman–Crippen LogP) is 3.56. The van der Waals surface area contributed by atoms with E-state index in [2.05, 4.69) is 6.92 Å². The lowest BCUT2D eigenvalue weighted by Gasteiger charge is -2.03. The molecule has 0 spiro atoms. The van der Waals surface area contributed by atoms with Gasteiger partial charge in [-0.25, -0.2) is 9.18 Å². The molecular formula is C12H15FO2S. The number of carboxylic acid groups (broad SMARTS) is 1. The molecule has 0 heterocycles. The molecule has 0 aliphatic carbocycles. The van der Waals surface area contributed by atoms with Gasteiger partial charge in [0.05, 0.1) is 5.56 Å². The van der Waals surface area contributed by atoms with Crippen LogP contribution < -0.4 is 0 Å². The van der Waals surface area contributed by atoms with Crippen molar-refractivity contribution in [2.75, 3.05) is 5.75 Å². The highest BCUT2D eigenvalue weighted by molar-refractivity contribution is 7.98. The summed E-state index contributed by atoms with van der Waals surface area (Å²) >= 11 is 1.74. The molecule has 2 nitrogen and oxygen atoms in total. The van der Waals surface area contributed by atoms with Crippen molar-refractivity contribution < 1.29 is 14.3 Å². The SMILES string of the molecule is CCCCSCc1ccc(C(=O)O)c(F)c1. The number of carbonyl (C=O) groups is 1. The van der Waals surface area contributed by atoms with E-state index < -0.39 is 11.8 Å². The molecule has 1 aromatic carbocycles. The fraction of sp³-hybridized carbons (Fsp3) is 0.417. The van der Waals surface area contributed by atoms with Crippen molar-refractivity contribution in [2.45, 2.75) is 25.5 Å². The fourth-order valence-electron chi connectivity index (χ4n) is 1.26. The molecule has 1 N–H and O–H groups in total. The van der Waals surface area contributed by atoms with Crippen molar-refractivity contribution in [3.63, 3.8) is 0 Å². The van der Waals surface area contributed by atoms with E-state index in [0.717, 1.165) is 29.9 Å². The molecule has 0 aliphatic heterocycles. The highest BCUT2D eigenvalue weighted by atomic mass is 32.2. The number of halogens is 1. The molecular weight excluding hydrogens is 227 g/mol. The first-order chi connectivity index (χ1) is 7.65. The minimum atomic E-state index is -1.22. The van der Waals surface area contributed by atoms with Crippen molar-refractivity contribution in [2.24, 2.45) is 0 Å². The van der Waals surface area contributed by atoms with Crippen LogP contribution in [0.1, 0.15) is 35.7 Å². The Kier molecular flexibility index (Phi) is 5.32. The van der Waals surface area contributed by atoms with Gasteiger partial charge in [0.25, 0.3) is 0 Å². The van der Waals surface area contributed by atoms with E-state index in [9.17, 15) is 9.18 Å². The van der Waals surface area contributed by atoms with Crippen molar-refractivity contribution in [1.82, 2.24) is 0 Å². The van der Waals surface area contributed by atoms with Gasteiger partial charge in [-0.1, -0.05) is 19.4 Å². The molecule has 1 rings (SSSR count). The third-order valence-electron chi connectivity index (χ3n) is 2.17. The predicted molar refractivity (Wildman–Crippen MR) is 64.4 cm³/mol. The summed E-state index contributed by atoms with van der Waals surface area (Å²) in [6.45, 7) is 2.13. The average molecular weight is 242 g/mol. The van der Waals surface area contributed by atoms with E-state index in [0.29, 0.717) is 0 Å². The van der Waals surface area contributed by atoms with Crippen molar-refractivity contribution in [3.05, 3.63) is 35.1 Å². The summed E-state index contributed by atoms with van der Waals surface area (Å²) in [7, 11) is 0. The Bertz CT molecular complexity index is 366. The second-order valence-corrected chi connectivity index (χ2v) is 4.63. The van der Waals surface area contributed by atoms with Gasteiger partial charge in [0, 0.05) is 5.75 Å². The molecule has 4 heteroatoms. The zero-order valence-electron chi connectivity index (χ0n) is 9.20. The van der Waals surface area contributed by atoms with Crippen LogP contribution in [0.2, 0.25) is 0 Å². The van der Waals surface area contributed by atoms with E-state index >= 15 is 0 Å². The van der Waals surface area contributed by atoms with E-state index in [1.165, 1.54) is 12.1 Å². The Morgan fingerprint density at radius 1 is 1.50 bits per heavy atom. The topological polar surface area (TPSA) is 37.3 Å². The van der Waals surface area contributed by atoms with Gasteiger partial charge >= 0.3 is 5.97 Å². The standard InChI is InChI=1S/C12H15FO2S/c1-2-3-6-16-8-9-4-5-10(12(14)15)11(13)7-9/h4-5,7H,2-3,6,8H2,1H3,(H,14,15). The Labute approximate surface area is 98.9 Å². The summed E-state index contributed by atoms with van der Waals surface area (Å²) < 4.78 is 13.3. The molecule has 0 unspecified atom stereocenters. The number of benzene rings is 1. The molecule has 1 aromatic rings. The fourth-order valence-corrected chi connectivity index (χ4v) is 2.31. The Morgan fingerprint density at radius 3 is 2.81 bits per heavy atom. The van der Waals surface area contributed by atoms with Gasteiger partial charge < -0.3 is 5.11 Å². The zero-order valence-corrected chi connectivity index (χ0v) is 10.0. The average Bonchev–Trinajstić information content (AvgIpc) is 2.24. The first kappa shape index (κ1) is 13.0. The quantitative estimate of drug-likeness (QED) is 0.775. The number of aromatic carboxylic acids is 1. The smallest absolute Gasteiger partial charge is 0.338 e. The van der Waals surface area contributed by atoms with Crippen LogP contribution in [-0.2, 0) is 5.75 Å². The number of rotatable bonds is 6. The van der Waals surface area contributed by atoms with E-state index in [4.69, 9.17) is 5.11 Å². The van der Waals surface area contributed by atoms with Gasteiger partial charge in [-0.2, -0.15) is 11.8 Å². The maximum absolute atomic E-state index is 13.3. The lowest BCUT2D eigenvalue weighted by Crippen LogP contribution is -2.00. The van der Waals surface area contributed by atoms with Crippen LogP contribution in [0.4, 0.5) is 4.39 Å². The van der Waals surface area contributed by atoms with Crippen molar-refractivity contribution >= 4 is 17.7 Å². The molecule has 0 atom stereocenters. The van der Waals surface area contributed by atoms with E-state index in [1.54, 1.807) is 17.8 Å². The van der Waals surface area contributed by atoms with E-state index in [-0.39, 0.29) is 5.56 Å². The highest BCUT2D eigenvalue weighted by Gasteiger charge is 2.09. The van der Waals surface area contributed by atoms with Gasteiger partial charge in [0.1, 0.15) is 5.82 Å². The van der Waals surface area contributed by atoms with Crippen LogP contribution in [0.25, 0.3) is 0 Å². The molecule has 16 heavy (non-hydrogen) atoms. The number of unbranched alkanes of at least 4 members (excludes halogenated alkanes) is 1. The molecule has 0 aliphatic rings. The summed E-state index contributed by atoms with van der Waals surface area (Å²) in [6, 6.07) is 4.31. The van der Waals surface area contributed by atoms with E-state index in [1.807, 2.05) is 0 Å². The monoisotopic (exact) mass is 242 g/mol. The second kappa shape index (κ2) is 6.53. The molecule has 0 saturated carbocycles. The first-order valence-corrected chi connectivity index (χ1v) is 6.40. The van der Waals surface area contributed by atoms with Crippen LogP contribution in [-0.4, -0.2) is 16.8 Å². The molecule has 0 saturated heterocycles. The van der Waals surface area contributed by atoms with Gasteiger partial charge in [-0.3, -0.25) is 0 Å².